The highest BCUT2D eigenvalue weighted by Crippen LogP contribution is 2.29. The Balaban J connectivity index is 1.59. The molecule has 2 aromatic carbocycles. The van der Waals surface area contributed by atoms with Gasteiger partial charge in [-0.2, -0.15) is 0 Å². The van der Waals surface area contributed by atoms with E-state index in [4.69, 9.17) is 0 Å². The fourth-order valence-corrected chi connectivity index (χ4v) is 3.80. The van der Waals surface area contributed by atoms with Crippen LogP contribution in [0.25, 0.3) is 0 Å². The van der Waals surface area contributed by atoms with Gasteiger partial charge in [0, 0.05) is 6.04 Å². The molecule has 2 atom stereocenters. The predicted octanol–water partition coefficient (Wildman–Crippen LogP) is 3.71. The van der Waals surface area contributed by atoms with E-state index in [-0.39, 0.29) is 18.5 Å². The molecule has 1 fully saturated rings. The monoisotopic (exact) mass is 421 g/mol. The molecule has 2 aromatic rings. The van der Waals surface area contributed by atoms with Crippen molar-refractivity contribution >= 4 is 17.8 Å². The summed E-state index contributed by atoms with van der Waals surface area (Å²) in [5.74, 6) is -0.384. The Hall–Kier alpha value is -3.15. The second-order valence-corrected chi connectivity index (χ2v) is 8.72. The smallest absolute Gasteiger partial charge is 0.325 e. The average molecular weight is 422 g/mol. The Morgan fingerprint density at radius 1 is 1.03 bits per heavy atom. The summed E-state index contributed by atoms with van der Waals surface area (Å²) in [6, 6.07) is 17.1. The van der Waals surface area contributed by atoms with E-state index >= 15 is 0 Å². The quantitative estimate of drug-likeness (QED) is 0.638. The van der Waals surface area contributed by atoms with Gasteiger partial charge in [0.15, 0.2) is 0 Å². The number of imide groups is 1. The first kappa shape index (κ1) is 22.5. The van der Waals surface area contributed by atoms with Gasteiger partial charge in [0.1, 0.15) is 12.1 Å². The van der Waals surface area contributed by atoms with E-state index in [2.05, 4.69) is 36.6 Å². The maximum Gasteiger partial charge on any atom is 0.325 e. The van der Waals surface area contributed by atoms with Crippen LogP contribution in [0.2, 0.25) is 0 Å². The topological polar surface area (TPSA) is 78.5 Å². The van der Waals surface area contributed by atoms with Gasteiger partial charge in [0.25, 0.3) is 5.91 Å². The van der Waals surface area contributed by atoms with E-state index in [1.165, 1.54) is 5.56 Å². The van der Waals surface area contributed by atoms with Crippen LogP contribution in [-0.2, 0) is 21.5 Å². The Kier molecular flexibility index (Phi) is 6.78. The molecule has 6 heteroatoms. The van der Waals surface area contributed by atoms with E-state index in [0.717, 1.165) is 23.3 Å². The molecule has 0 aliphatic carbocycles. The third kappa shape index (κ3) is 5.13. The van der Waals surface area contributed by atoms with Gasteiger partial charge in [-0.1, -0.05) is 68.4 Å². The molecule has 164 valence electrons. The van der Waals surface area contributed by atoms with Crippen molar-refractivity contribution in [2.75, 3.05) is 6.54 Å². The van der Waals surface area contributed by atoms with Crippen LogP contribution in [0.15, 0.2) is 54.6 Å². The predicted molar refractivity (Wildman–Crippen MR) is 120 cm³/mol. The molecular weight excluding hydrogens is 390 g/mol. The zero-order valence-electron chi connectivity index (χ0n) is 18.6. The molecule has 6 nitrogen and oxygen atoms in total. The number of carbonyl (C=O) groups is 3. The summed E-state index contributed by atoms with van der Waals surface area (Å²) in [7, 11) is 0. The molecule has 0 saturated carbocycles. The fourth-order valence-electron chi connectivity index (χ4n) is 3.80. The lowest BCUT2D eigenvalue weighted by Gasteiger charge is -2.23. The number of urea groups is 1. The molecule has 2 N–H and O–H groups in total. The van der Waals surface area contributed by atoms with Crippen LogP contribution in [0.1, 0.15) is 56.7 Å². The van der Waals surface area contributed by atoms with Gasteiger partial charge >= 0.3 is 6.03 Å². The van der Waals surface area contributed by atoms with Crippen molar-refractivity contribution < 1.29 is 14.4 Å². The first-order chi connectivity index (χ1) is 14.7. The summed E-state index contributed by atoms with van der Waals surface area (Å²) in [5, 5.41) is 5.65. The van der Waals surface area contributed by atoms with Crippen molar-refractivity contribution in [2.24, 2.45) is 0 Å². The second kappa shape index (κ2) is 9.33. The molecule has 0 radical (unpaired) electrons. The molecule has 0 bridgehead atoms. The second-order valence-electron chi connectivity index (χ2n) is 8.72. The van der Waals surface area contributed by atoms with Crippen molar-refractivity contribution in [3.63, 3.8) is 0 Å². The fraction of sp³-hybridized carbons (Fsp3) is 0.400. The lowest BCUT2D eigenvalue weighted by atomic mass is 9.90. The summed E-state index contributed by atoms with van der Waals surface area (Å²) < 4.78 is 0. The molecule has 1 aliphatic heterocycles. The summed E-state index contributed by atoms with van der Waals surface area (Å²) in [4.78, 5) is 39.0. The van der Waals surface area contributed by atoms with Crippen molar-refractivity contribution in [3.05, 3.63) is 71.3 Å². The molecule has 0 aromatic heterocycles. The minimum absolute atomic E-state index is 0.0663. The number of carbonyl (C=O) groups excluding carboxylic acids is 3. The molecule has 4 amide bonds. The first-order valence-electron chi connectivity index (χ1n) is 10.8. The van der Waals surface area contributed by atoms with Gasteiger partial charge in [0.05, 0.1) is 0 Å². The van der Waals surface area contributed by atoms with E-state index in [0.29, 0.717) is 11.5 Å². The maximum atomic E-state index is 13.1. The minimum Gasteiger partial charge on any atom is -0.352 e. The summed E-state index contributed by atoms with van der Waals surface area (Å²) >= 11 is 0. The molecular formula is C25H31N3O3. The Morgan fingerprint density at radius 2 is 1.68 bits per heavy atom. The highest BCUT2D eigenvalue weighted by Gasteiger charge is 2.49. The number of rotatable bonds is 8. The lowest BCUT2D eigenvalue weighted by molar-refractivity contribution is -0.135. The van der Waals surface area contributed by atoms with Gasteiger partial charge < -0.3 is 10.6 Å². The van der Waals surface area contributed by atoms with E-state index in [9.17, 15) is 14.4 Å². The Labute approximate surface area is 184 Å². The standard InChI is InChI=1S/C25H31N3O3/c1-17(2)20-12-14-21(15-13-20)25(4)23(30)28(24(31)27-25)16-22(29)26-18(3)10-11-19-8-6-5-7-9-19/h5-9,12-15,17-18H,10-11,16H2,1-4H3,(H,26,29)(H,27,31)/t18-,25-/m1/s1. The Morgan fingerprint density at radius 3 is 2.29 bits per heavy atom. The SMILES string of the molecule is CC(C)c1ccc([C@@]2(C)NC(=O)N(CC(=O)N[C@H](C)CCc3ccccc3)C2=O)cc1. The van der Waals surface area contributed by atoms with Crippen molar-refractivity contribution in [3.8, 4) is 0 Å². The number of amides is 4. The van der Waals surface area contributed by atoms with Crippen LogP contribution in [0, 0.1) is 0 Å². The number of benzene rings is 2. The number of aryl methyl sites for hydroxylation is 1. The Bertz CT molecular complexity index is 940. The van der Waals surface area contributed by atoms with Gasteiger partial charge in [-0.05, 0) is 49.3 Å². The maximum absolute atomic E-state index is 13.1. The van der Waals surface area contributed by atoms with Gasteiger partial charge in [-0.3, -0.25) is 14.5 Å². The minimum atomic E-state index is -1.17. The molecule has 3 rings (SSSR count). The molecule has 1 heterocycles. The summed E-state index contributed by atoms with van der Waals surface area (Å²) in [6.07, 6.45) is 1.62. The molecule has 1 saturated heterocycles. The van der Waals surface area contributed by atoms with Gasteiger partial charge in [-0.25, -0.2) is 4.79 Å². The van der Waals surface area contributed by atoms with Crippen molar-refractivity contribution in [1.29, 1.82) is 0 Å². The van der Waals surface area contributed by atoms with Crippen LogP contribution in [0.4, 0.5) is 4.79 Å². The summed E-state index contributed by atoms with van der Waals surface area (Å²) in [5.41, 5.74) is 1.89. The van der Waals surface area contributed by atoms with Crippen LogP contribution in [0.3, 0.4) is 0 Å². The molecule has 1 aliphatic rings. The summed E-state index contributed by atoms with van der Waals surface area (Å²) in [6.45, 7) is 7.51. The van der Waals surface area contributed by atoms with Gasteiger partial charge in [-0.15, -0.1) is 0 Å². The third-order valence-corrected chi connectivity index (χ3v) is 5.85. The highest BCUT2D eigenvalue weighted by molar-refractivity contribution is 6.09. The third-order valence-electron chi connectivity index (χ3n) is 5.85. The van der Waals surface area contributed by atoms with E-state index in [1.807, 2.05) is 49.4 Å². The number of hydrogen-bond donors (Lipinski definition) is 2. The lowest BCUT2D eigenvalue weighted by Crippen LogP contribution is -2.45. The van der Waals surface area contributed by atoms with Crippen LogP contribution in [0.5, 0.6) is 0 Å². The highest BCUT2D eigenvalue weighted by atomic mass is 16.2. The van der Waals surface area contributed by atoms with Gasteiger partial charge in [0.2, 0.25) is 5.91 Å². The molecule has 0 spiro atoms. The van der Waals surface area contributed by atoms with E-state index < -0.39 is 17.5 Å². The number of nitrogens with zero attached hydrogens (tertiary/aromatic N) is 1. The number of hydrogen-bond acceptors (Lipinski definition) is 3. The zero-order valence-corrected chi connectivity index (χ0v) is 18.6. The zero-order chi connectivity index (χ0) is 22.6. The van der Waals surface area contributed by atoms with Crippen LogP contribution in [-0.4, -0.2) is 35.3 Å². The normalized spacial score (nSPS) is 19.5. The van der Waals surface area contributed by atoms with Crippen molar-refractivity contribution in [1.82, 2.24) is 15.5 Å². The molecule has 0 unspecified atom stereocenters. The molecule has 31 heavy (non-hydrogen) atoms. The largest absolute Gasteiger partial charge is 0.352 e. The van der Waals surface area contributed by atoms with Crippen molar-refractivity contribution in [2.45, 2.75) is 58.0 Å². The van der Waals surface area contributed by atoms with E-state index in [1.54, 1.807) is 6.92 Å². The number of nitrogens with one attached hydrogen (secondary N) is 2. The van der Waals surface area contributed by atoms with Crippen LogP contribution < -0.4 is 10.6 Å². The first-order valence-corrected chi connectivity index (χ1v) is 10.8. The van der Waals surface area contributed by atoms with Crippen LogP contribution >= 0.6 is 0 Å². The average Bonchev–Trinajstić information content (AvgIpc) is 2.97.